The minimum Gasteiger partial charge on any atom is -0.377 e. The standard InChI is InChI=1S/C11H24N2O4S/c1-5-12-6-9(2)18(14,15)13-7-10(16-3)11(8-13)17-4/h9-12H,5-8H2,1-4H3. The first-order valence-electron chi connectivity index (χ1n) is 6.22. The van der Waals surface area contributed by atoms with Crippen LogP contribution in [0.5, 0.6) is 0 Å². The SMILES string of the molecule is CCNCC(C)S(=O)(=O)N1CC(OC)C(OC)C1. The fraction of sp³-hybridized carbons (Fsp3) is 1.00. The van der Waals surface area contributed by atoms with Gasteiger partial charge in [-0.2, -0.15) is 4.31 Å². The second-order valence-corrected chi connectivity index (χ2v) is 6.88. The first kappa shape index (κ1) is 15.8. The van der Waals surface area contributed by atoms with E-state index in [1.807, 2.05) is 6.92 Å². The molecular weight excluding hydrogens is 256 g/mol. The Morgan fingerprint density at radius 1 is 1.28 bits per heavy atom. The molecule has 3 unspecified atom stereocenters. The van der Waals surface area contributed by atoms with Gasteiger partial charge in [-0.3, -0.25) is 0 Å². The van der Waals surface area contributed by atoms with Gasteiger partial charge >= 0.3 is 0 Å². The van der Waals surface area contributed by atoms with Gasteiger partial charge in [0.1, 0.15) is 0 Å². The zero-order valence-corrected chi connectivity index (χ0v) is 12.4. The van der Waals surface area contributed by atoms with E-state index in [0.717, 1.165) is 6.54 Å². The highest BCUT2D eigenvalue weighted by Gasteiger charge is 2.40. The van der Waals surface area contributed by atoms with E-state index in [0.29, 0.717) is 19.6 Å². The van der Waals surface area contributed by atoms with E-state index in [1.165, 1.54) is 4.31 Å². The van der Waals surface area contributed by atoms with Crippen LogP contribution in [0, 0.1) is 0 Å². The van der Waals surface area contributed by atoms with Gasteiger partial charge in [0.05, 0.1) is 17.5 Å². The second kappa shape index (κ2) is 6.81. The molecule has 0 aromatic rings. The summed E-state index contributed by atoms with van der Waals surface area (Å²) >= 11 is 0. The highest BCUT2D eigenvalue weighted by Crippen LogP contribution is 2.21. The number of hydrogen-bond acceptors (Lipinski definition) is 5. The van der Waals surface area contributed by atoms with Gasteiger partial charge in [-0.1, -0.05) is 6.92 Å². The summed E-state index contributed by atoms with van der Waals surface area (Å²) in [5, 5.41) is 2.62. The molecular formula is C11H24N2O4S. The van der Waals surface area contributed by atoms with Gasteiger partial charge in [-0.05, 0) is 13.5 Å². The average molecular weight is 280 g/mol. The molecule has 7 heteroatoms. The van der Waals surface area contributed by atoms with Gasteiger partial charge in [0.25, 0.3) is 0 Å². The molecule has 108 valence electrons. The first-order chi connectivity index (χ1) is 8.47. The van der Waals surface area contributed by atoms with E-state index < -0.39 is 15.3 Å². The molecule has 1 fully saturated rings. The lowest BCUT2D eigenvalue weighted by Gasteiger charge is -2.21. The second-order valence-electron chi connectivity index (χ2n) is 4.53. The van der Waals surface area contributed by atoms with Crippen LogP contribution in [-0.4, -0.2) is 70.6 Å². The number of nitrogens with zero attached hydrogens (tertiary/aromatic N) is 1. The molecule has 6 nitrogen and oxygen atoms in total. The highest BCUT2D eigenvalue weighted by molar-refractivity contribution is 7.89. The van der Waals surface area contributed by atoms with Gasteiger partial charge < -0.3 is 14.8 Å². The van der Waals surface area contributed by atoms with Crippen LogP contribution in [-0.2, 0) is 19.5 Å². The van der Waals surface area contributed by atoms with Crippen molar-refractivity contribution in [3.63, 3.8) is 0 Å². The minimum absolute atomic E-state index is 0.184. The van der Waals surface area contributed by atoms with Crippen LogP contribution in [0.1, 0.15) is 13.8 Å². The van der Waals surface area contributed by atoms with Gasteiger partial charge in [-0.15, -0.1) is 0 Å². The molecule has 0 aliphatic carbocycles. The predicted octanol–water partition coefficient (Wildman–Crippen LogP) is -0.340. The Hall–Kier alpha value is -0.210. The molecule has 0 aromatic heterocycles. The highest BCUT2D eigenvalue weighted by atomic mass is 32.2. The van der Waals surface area contributed by atoms with E-state index in [1.54, 1.807) is 21.1 Å². The monoisotopic (exact) mass is 280 g/mol. The summed E-state index contributed by atoms with van der Waals surface area (Å²) in [7, 11) is -0.130. The number of hydrogen-bond donors (Lipinski definition) is 1. The summed E-state index contributed by atoms with van der Waals surface area (Å²) in [4.78, 5) is 0. The van der Waals surface area contributed by atoms with E-state index >= 15 is 0 Å². The molecule has 0 saturated carbocycles. The van der Waals surface area contributed by atoms with Gasteiger partial charge in [0, 0.05) is 33.9 Å². The van der Waals surface area contributed by atoms with E-state index in [-0.39, 0.29) is 12.2 Å². The lowest BCUT2D eigenvalue weighted by molar-refractivity contribution is -0.00461. The molecule has 1 N–H and O–H groups in total. The molecule has 1 heterocycles. The van der Waals surface area contributed by atoms with Crippen LogP contribution in [0.2, 0.25) is 0 Å². The molecule has 0 amide bonds. The van der Waals surface area contributed by atoms with Gasteiger partial charge in [-0.25, -0.2) is 8.42 Å². The zero-order valence-electron chi connectivity index (χ0n) is 11.5. The van der Waals surface area contributed by atoms with Gasteiger partial charge in [0.15, 0.2) is 0 Å². The topological polar surface area (TPSA) is 67.9 Å². The van der Waals surface area contributed by atoms with Gasteiger partial charge in [0.2, 0.25) is 10.0 Å². The Morgan fingerprint density at radius 2 is 1.78 bits per heavy atom. The van der Waals surface area contributed by atoms with Crippen LogP contribution in [0.15, 0.2) is 0 Å². The van der Waals surface area contributed by atoms with Crippen molar-refractivity contribution < 1.29 is 17.9 Å². The Bertz CT molecular complexity index is 335. The fourth-order valence-electron chi connectivity index (χ4n) is 2.08. The molecule has 0 radical (unpaired) electrons. The van der Waals surface area contributed by atoms with E-state index in [9.17, 15) is 8.42 Å². The van der Waals surface area contributed by atoms with E-state index in [4.69, 9.17) is 9.47 Å². The van der Waals surface area contributed by atoms with Crippen LogP contribution in [0.3, 0.4) is 0 Å². The van der Waals surface area contributed by atoms with Crippen molar-refractivity contribution in [2.45, 2.75) is 31.3 Å². The predicted molar refractivity (Wildman–Crippen MR) is 70.1 cm³/mol. The Balaban J connectivity index is 2.69. The van der Waals surface area contributed by atoms with Crippen molar-refractivity contribution in [2.75, 3.05) is 40.4 Å². The maximum absolute atomic E-state index is 12.3. The Kier molecular flexibility index (Phi) is 6.00. The number of ether oxygens (including phenoxy) is 2. The molecule has 1 rings (SSSR count). The number of rotatable bonds is 7. The third-order valence-corrected chi connectivity index (χ3v) is 5.54. The van der Waals surface area contributed by atoms with Crippen LogP contribution in [0.4, 0.5) is 0 Å². The molecule has 0 spiro atoms. The summed E-state index contributed by atoms with van der Waals surface area (Å²) in [6.07, 6.45) is -0.368. The fourth-order valence-corrected chi connectivity index (χ4v) is 3.63. The minimum atomic E-state index is -3.29. The number of sulfonamides is 1. The molecule has 1 aliphatic rings. The summed E-state index contributed by atoms with van der Waals surface area (Å²) in [5.74, 6) is 0. The number of nitrogens with one attached hydrogen (secondary N) is 1. The molecule has 1 saturated heterocycles. The smallest absolute Gasteiger partial charge is 0.218 e. The largest absolute Gasteiger partial charge is 0.377 e. The zero-order chi connectivity index (χ0) is 13.8. The lowest BCUT2D eigenvalue weighted by atomic mass is 10.3. The third kappa shape index (κ3) is 3.42. The quantitative estimate of drug-likeness (QED) is 0.691. The normalized spacial score (nSPS) is 27.6. The molecule has 0 aromatic carbocycles. The van der Waals surface area contributed by atoms with Crippen LogP contribution < -0.4 is 5.32 Å². The molecule has 3 atom stereocenters. The maximum Gasteiger partial charge on any atom is 0.218 e. The first-order valence-corrected chi connectivity index (χ1v) is 7.72. The van der Waals surface area contributed by atoms with Crippen molar-refractivity contribution >= 4 is 10.0 Å². The molecule has 1 aliphatic heterocycles. The lowest BCUT2D eigenvalue weighted by Crippen LogP contribution is -2.41. The van der Waals surface area contributed by atoms with Crippen molar-refractivity contribution in [3.8, 4) is 0 Å². The summed E-state index contributed by atoms with van der Waals surface area (Å²) in [5.41, 5.74) is 0. The van der Waals surface area contributed by atoms with Crippen LogP contribution >= 0.6 is 0 Å². The number of methoxy groups -OCH3 is 2. The Morgan fingerprint density at radius 3 is 2.17 bits per heavy atom. The molecule has 0 bridgehead atoms. The van der Waals surface area contributed by atoms with Crippen LogP contribution in [0.25, 0.3) is 0 Å². The maximum atomic E-state index is 12.3. The summed E-state index contributed by atoms with van der Waals surface area (Å²) < 4.78 is 36.7. The van der Waals surface area contributed by atoms with Crippen molar-refractivity contribution in [1.82, 2.24) is 9.62 Å². The van der Waals surface area contributed by atoms with Crippen molar-refractivity contribution in [1.29, 1.82) is 0 Å². The average Bonchev–Trinajstić information content (AvgIpc) is 2.79. The van der Waals surface area contributed by atoms with Crippen molar-refractivity contribution in [3.05, 3.63) is 0 Å². The van der Waals surface area contributed by atoms with Crippen molar-refractivity contribution in [2.24, 2.45) is 0 Å². The summed E-state index contributed by atoms with van der Waals surface area (Å²) in [6, 6.07) is 0. The third-order valence-electron chi connectivity index (χ3n) is 3.34. The Labute approximate surface area is 110 Å². The summed E-state index contributed by atoms with van der Waals surface area (Å²) in [6.45, 7) is 5.64. The molecule has 18 heavy (non-hydrogen) atoms. The van der Waals surface area contributed by atoms with E-state index in [2.05, 4.69) is 5.32 Å².